The van der Waals surface area contributed by atoms with E-state index in [-0.39, 0.29) is 12.5 Å². The lowest BCUT2D eigenvalue weighted by molar-refractivity contribution is -0.160. The van der Waals surface area contributed by atoms with Gasteiger partial charge in [-0.1, -0.05) is 13.8 Å². The molecule has 0 aliphatic carbocycles. The van der Waals surface area contributed by atoms with Crippen LogP contribution in [0, 0.1) is 5.92 Å². The zero-order valence-electron chi connectivity index (χ0n) is 10.8. The fourth-order valence-electron chi connectivity index (χ4n) is 1.67. The van der Waals surface area contributed by atoms with Gasteiger partial charge in [-0.3, -0.25) is 5.01 Å². The molecule has 0 saturated carbocycles. The topological polar surface area (TPSA) is 62.1 Å². The van der Waals surface area contributed by atoms with Crippen molar-refractivity contribution in [2.24, 2.45) is 11.0 Å². The van der Waals surface area contributed by atoms with Crippen molar-refractivity contribution in [3.05, 3.63) is 0 Å². The lowest BCUT2D eigenvalue weighted by Gasteiger charge is -2.26. The van der Waals surface area contributed by atoms with Crippen LogP contribution in [0.3, 0.4) is 0 Å². The van der Waals surface area contributed by atoms with Gasteiger partial charge in [-0.05, 0) is 25.7 Å². The zero-order chi connectivity index (χ0) is 12.9. The Balaban J connectivity index is 2.72. The molecule has 98 valence electrons. The molecule has 0 amide bonds. The Kier molecular flexibility index (Phi) is 4.93. The highest BCUT2D eigenvalue weighted by Crippen LogP contribution is 2.18. The summed E-state index contributed by atoms with van der Waals surface area (Å²) in [5.74, 6) is -0.897. The van der Waals surface area contributed by atoms with Crippen molar-refractivity contribution in [2.75, 3.05) is 19.7 Å². The van der Waals surface area contributed by atoms with Crippen LogP contribution in [0.25, 0.3) is 0 Å². The normalized spacial score (nSPS) is 19.9. The minimum atomic E-state index is -1.63. The summed E-state index contributed by atoms with van der Waals surface area (Å²) in [5, 5.41) is 16.3. The summed E-state index contributed by atoms with van der Waals surface area (Å²) in [6, 6.07) is 0. The van der Waals surface area contributed by atoms with E-state index in [1.807, 2.05) is 5.01 Å². The largest absolute Gasteiger partial charge is 0.464 e. The number of esters is 1. The molecule has 1 aliphatic heterocycles. The van der Waals surface area contributed by atoms with E-state index >= 15 is 0 Å². The van der Waals surface area contributed by atoms with Crippen LogP contribution < -0.4 is 0 Å². The summed E-state index contributed by atoms with van der Waals surface area (Å²) in [4.78, 5) is 11.7. The first-order valence-corrected chi connectivity index (χ1v) is 6.20. The number of ether oxygens (including phenoxy) is 1. The second-order valence-corrected chi connectivity index (χ2v) is 4.61. The van der Waals surface area contributed by atoms with E-state index in [9.17, 15) is 9.90 Å². The van der Waals surface area contributed by atoms with Crippen LogP contribution in [0.15, 0.2) is 5.10 Å². The highest BCUT2D eigenvalue weighted by atomic mass is 16.5. The van der Waals surface area contributed by atoms with Crippen LogP contribution in [-0.2, 0) is 9.53 Å². The highest BCUT2D eigenvalue weighted by Gasteiger charge is 2.39. The van der Waals surface area contributed by atoms with E-state index in [0.717, 1.165) is 25.9 Å². The van der Waals surface area contributed by atoms with Crippen molar-refractivity contribution >= 4 is 12.2 Å². The first kappa shape index (κ1) is 14.0. The number of hydrogen-bond acceptors (Lipinski definition) is 5. The van der Waals surface area contributed by atoms with Gasteiger partial charge in [-0.15, -0.1) is 0 Å². The molecule has 0 radical (unpaired) electrons. The molecule has 1 saturated heterocycles. The van der Waals surface area contributed by atoms with E-state index in [1.54, 1.807) is 20.8 Å². The number of nitrogens with zero attached hydrogens (tertiary/aromatic N) is 2. The van der Waals surface area contributed by atoms with Gasteiger partial charge in [-0.25, -0.2) is 4.79 Å². The third-order valence-corrected chi connectivity index (χ3v) is 2.98. The van der Waals surface area contributed by atoms with Crippen LogP contribution in [0.5, 0.6) is 0 Å². The lowest BCUT2D eigenvalue weighted by Crippen LogP contribution is -2.47. The summed E-state index contributed by atoms with van der Waals surface area (Å²) >= 11 is 0. The minimum Gasteiger partial charge on any atom is -0.464 e. The quantitative estimate of drug-likeness (QED) is 0.577. The van der Waals surface area contributed by atoms with Gasteiger partial charge < -0.3 is 9.84 Å². The van der Waals surface area contributed by atoms with Gasteiger partial charge in [0.05, 0.1) is 12.8 Å². The maximum Gasteiger partial charge on any atom is 0.344 e. The first-order chi connectivity index (χ1) is 8.00. The summed E-state index contributed by atoms with van der Waals surface area (Å²) in [7, 11) is 0. The molecule has 1 atom stereocenters. The lowest BCUT2D eigenvalue weighted by atomic mass is 9.92. The fourth-order valence-corrected chi connectivity index (χ4v) is 1.67. The van der Waals surface area contributed by atoms with Crippen molar-refractivity contribution in [2.45, 2.75) is 39.2 Å². The SMILES string of the molecule is CCOC(=O)C(O)(/C=N/N1CCCC1)C(C)C. The summed E-state index contributed by atoms with van der Waals surface area (Å²) in [6.07, 6.45) is 3.54. The number of hydrazone groups is 1. The molecule has 1 rings (SSSR count). The molecule has 0 aromatic heterocycles. The number of carbonyl (C=O) groups excluding carboxylic acids is 1. The average Bonchev–Trinajstić information content (AvgIpc) is 2.78. The maximum absolute atomic E-state index is 11.7. The second-order valence-electron chi connectivity index (χ2n) is 4.61. The van der Waals surface area contributed by atoms with Gasteiger partial charge in [-0.2, -0.15) is 5.10 Å². The summed E-state index contributed by atoms with van der Waals surface area (Å²) in [6.45, 7) is 7.28. The van der Waals surface area contributed by atoms with Crippen molar-refractivity contribution in [1.82, 2.24) is 5.01 Å². The fraction of sp³-hybridized carbons (Fsp3) is 0.833. The van der Waals surface area contributed by atoms with Gasteiger partial charge in [0.15, 0.2) is 0 Å². The Bertz CT molecular complexity index is 285. The van der Waals surface area contributed by atoms with Gasteiger partial charge in [0, 0.05) is 13.1 Å². The molecule has 0 aromatic rings. The zero-order valence-corrected chi connectivity index (χ0v) is 10.8. The molecule has 1 unspecified atom stereocenters. The van der Waals surface area contributed by atoms with E-state index in [2.05, 4.69) is 5.10 Å². The highest BCUT2D eigenvalue weighted by molar-refractivity contribution is 5.98. The number of hydrogen-bond donors (Lipinski definition) is 1. The molecule has 1 aliphatic rings. The molecule has 5 heteroatoms. The monoisotopic (exact) mass is 242 g/mol. The summed E-state index contributed by atoms with van der Waals surface area (Å²) in [5.41, 5.74) is -1.63. The smallest absolute Gasteiger partial charge is 0.344 e. The summed E-state index contributed by atoms with van der Waals surface area (Å²) < 4.78 is 4.88. The second kappa shape index (κ2) is 6.00. The number of carbonyl (C=O) groups is 1. The van der Waals surface area contributed by atoms with Crippen LogP contribution in [0.4, 0.5) is 0 Å². The van der Waals surface area contributed by atoms with E-state index < -0.39 is 11.6 Å². The van der Waals surface area contributed by atoms with Crippen molar-refractivity contribution < 1.29 is 14.6 Å². The van der Waals surface area contributed by atoms with E-state index in [0.29, 0.717) is 0 Å². The van der Waals surface area contributed by atoms with Crippen LogP contribution in [-0.4, -0.2) is 47.6 Å². The maximum atomic E-state index is 11.7. The predicted octanol–water partition coefficient (Wildman–Crippen LogP) is 1.02. The minimum absolute atomic E-state index is 0.255. The van der Waals surface area contributed by atoms with E-state index in [4.69, 9.17) is 4.74 Å². The van der Waals surface area contributed by atoms with Crippen molar-refractivity contribution in [1.29, 1.82) is 0 Å². The number of aliphatic hydroxyl groups is 1. The predicted molar refractivity (Wildman–Crippen MR) is 65.7 cm³/mol. The first-order valence-electron chi connectivity index (χ1n) is 6.20. The van der Waals surface area contributed by atoms with Gasteiger partial charge in [0.2, 0.25) is 5.60 Å². The van der Waals surface area contributed by atoms with Crippen LogP contribution >= 0.6 is 0 Å². The Hall–Kier alpha value is -1.10. The van der Waals surface area contributed by atoms with Gasteiger partial charge >= 0.3 is 5.97 Å². The number of rotatable bonds is 5. The van der Waals surface area contributed by atoms with Crippen LogP contribution in [0.2, 0.25) is 0 Å². The molecule has 0 spiro atoms. The Morgan fingerprint density at radius 2 is 2.12 bits per heavy atom. The Labute approximate surface area is 102 Å². The molecule has 0 aromatic carbocycles. The molecule has 1 N–H and O–H groups in total. The van der Waals surface area contributed by atoms with E-state index in [1.165, 1.54) is 6.21 Å². The molecule has 17 heavy (non-hydrogen) atoms. The molecular weight excluding hydrogens is 220 g/mol. The Morgan fingerprint density at radius 1 is 1.53 bits per heavy atom. The molecule has 1 fully saturated rings. The Morgan fingerprint density at radius 3 is 2.59 bits per heavy atom. The third-order valence-electron chi connectivity index (χ3n) is 2.98. The standard InChI is InChI=1S/C12H22N2O3/c1-4-17-11(15)12(16,10(2)3)9-13-14-7-5-6-8-14/h9-10,16H,4-8H2,1-3H3/b13-9+. The van der Waals surface area contributed by atoms with Crippen LogP contribution in [0.1, 0.15) is 33.6 Å². The van der Waals surface area contributed by atoms with Gasteiger partial charge in [0.1, 0.15) is 0 Å². The van der Waals surface area contributed by atoms with Crippen molar-refractivity contribution in [3.63, 3.8) is 0 Å². The van der Waals surface area contributed by atoms with Gasteiger partial charge in [0.25, 0.3) is 0 Å². The average molecular weight is 242 g/mol. The molecule has 5 nitrogen and oxygen atoms in total. The molecular formula is C12H22N2O3. The molecule has 0 bridgehead atoms. The molecule has 1 heterocycles. The third kappa shape index (κ3) is 3.43. The van der Waals surface area contributed by atoms with Crippen molar-refractivity contribution in [3.8, 4) is 0 Å².